The van der Waals surface area contributed by atoms with Gasteiger partial charge in [0.15, 0.2) is 0 Å². The number of amides is 2. The molecule has 2 amide bonds. The average molecular weight is 221 g/mol. The highest BCUT2D eigenvalue weighted by Gasteiger charge is 2.06. The van der Waals surface area contributed by atoms with Crippen molar-refractivity contribution in [1.29, 1.82) is 0 Å². The summed E-state index contributed by atoms with van der Waals surface area (Å²) in [5.74, 6) is 0. The van der Waals surface area contributed by atoms with Crippen molar-refractivity contribution in [2.75, 3.05) is 19.3 Å². The molecule has 0 spiro atoms. The van der Waals surface area contributed by atoms with Crippen LogP contribution in [0.1, 0.15) is 18.1 Å². The number of carbonyl (C=O) groups excluding carboxylic acids is 1. The molecule has 1 aromatic carbocycles. The minimum Gasteiger partial charge on any atom is -0.399 e. The topological polar surface area (TPSA) is 58.4 Å². The van der Waals surface area contributed by atoms with Crippen molar-refractivity contribution in [2.45, 2.75) is 20.4 Å². The minimum atomic E-state index is -0.0654. The van der Waals surface area contributed by atoms with Crippen molar-refractivity contribution in [3.63, 3.8) is 0 Å². The van der Waals surface area contributed by atoms with Crippen LogP contribution in [0.5, 0.6) is 0 Å². The van der Waals surface area contributed by atoms with Crippen LogP contribution in [-0.4, -0.2) is 24.5 Å². The van der Waals surface area contributed by atoms with Gasteiger partial charge in [0.2, 0.25) is 0 Å². The lowest BCUT2D eigenvalue weighted by molar-refractivity contribution is 0.210. The molecule has 0 fully saturated rings. The van der Waals surface area contributed by atoms with Crippen LogP contribution in [0.3, 0.4) is 0 Å². The van der Waals surface area contributed by atoms with Crippen molar-refractivity contribution in [2.24, 2.45) is 0 Å². The lowest BCUT2D eigenvalue weighted by Gasteiger charge is -2.16. The van der Waals surface area contributed by atoms with Gasteiger partial charge in [0.05, 0.1) is 0 Å². The van der Waals surface area contributed by atoms with Gasteiger partial charge < -0.3 is 16.0 Å². The van der Waals surface area contributed by atoms with Crippen LogP contribution in [0.25, 0.3) is 0 Å². The van der Waals surface area contributed by atoms with Gasteiger partial charge >= 0.3 is 6.03 Å². The molecule has 0 radical (unpaired) electrons. The molecule has 0 saturated carbocycles. The van der Waals surface area contributed by atoms with E-state index in [4.69, 9.17) is 5.73 Å². The zero-order valence-corrected chi connectivity index (χ0v) is 10.1. The first-order valence-electron chi connectivity index (χ1n) is 5.39. The summed E-state index contributed by atoms with van der Waals surface area (Å²) >= 11 is 0. The van der Waals surface area contributed by atoms with Gasteiger partial charge in [-0.1, -0.05) is 12.1 Å². The lowest BCUT2D eigenvalue weighted by Crippen LogP contribution is -2.36. The molecule has 1 rings (SSSR count). The number of carbonyl (C=O) groups is 1. The first-order chi connectivity index (χ1) is 7.56. The van der Waals surface area contributed by atoms with E-state index < -0.39 is 0 Å². The first kappa shape index (κ1) is 12.4. The molecule has 16 heavy (non-hydrogen) atoms. The fraction of sp³-hybridized carbons (Fsp3) is 0.417. The third kappa shape index (κ3) is 2.89. The number of nitrogen functional groups attached to an aromatic ring is 1. The van der Waals surface area contributed by atoms with Gasteiger partial charge in [0.25, 0.3) is 0 Å². The van der Waals surface area contributed by atoms with E-state index in [1.54, 1.807) is 11.9 Å². The Balaban J connectivity index is 2.61. The van der Waals surface area contributed by atoms with Crippen molar-refractivity contribution in [3.8, 4) is 0 Å². The van der Waals surface area contributed by atoms with Crippen LogP contribution in [0, 0.1) is 6.92 Å². The molecule has 0 aliphatic heterocycles. The predicted molar refractivity (Wildman–Crippen MR) is 66.1 cm³/mol. The third-order valence-corrected chi connectivity index (χ3v) is 2.74. The maximum Gasteiger partial charge on any atom is 0.317 e. The number of hydrogen-bond donors (Lipinski definition) is 2. The predicted octanol–water partition coefficient (Wildman–Crippen LogP) is 1.74. The second kappa shape index (κ2) is 5.39. The minimum absolute atomic E-state index is 0.0654. The molecule has 0 saturated heterocycles. The van der Waals surface area contributed by atoms with Gasteiger partial charge in [-0.15, -0.1) is 0 Å². The van der Waals surface area contributed by atoms with Crippen LogP contribution < -0.4 is 11.1 Å². The highest BCUT2D eigenvalue weighted by molar-refractivity contribution is 5.73. The molecule has 0 bridgehead atoms. The maximum absolute atomic E-state index is 11.5. The van der Waals surface area contributed by atoms with Gasteiger partial charge in [-0.05, 0) is 31.0 Å². The van der Waals surface area contributed by atoms with E-state index in [-0.39, 0.29) is 6.03 Å². The van der Waals surface area contributed by atoms with E-state index in [0.29, 0.717) is 13.1 Å². The van der Waals surface area contributed by atoms with E-state index in [1.807, 2.05) is 32.0 Å². The number of nitrogens with two attached hydrogens (primary N) is 1. The molecular formula is C12H19N3O. The third-order valence-electron chi connectivity index (χ3n) is 2.74. The first-order valence-corrected chi connectivity index (χ1v) is 5.39. The second-order valence-corrected chi connectivity index (χ2v) is 3.80. The van der Waals surface area contributed by atoms with Gasteiger partial charge in [-0.25, -0.2) is 4.79 Å². The Morgan fingerprint density at radius 1 is 1.50 bits per heavy atom. The van der Waals surface area contributed by atoms with E-state index >= 15 is 0 Å². The van der Waals surface area contributed by atoms with Crippen molar-refractivity contribution in [3.05, 3.63) is 29.3 Å². The number of hydrogen-bond acceptors (Lipinski definition) is 2. The van der Waals surface area contributed by atoms with Crippen LogP contribution in [-0.2, 0) is 6.54 Å². The molecule has 0 atom stereocenters. The summed E-state index contributed by atoms with van der Waals surface area (Å²) in [7, 11) is 1.77. The molecule has 4 heteroatoms. The Bertz CT molecular complexity index is 377. The monoisotopic (exact) mass is 221 g/mol. The number of nitrogens with one attached hydrogen (secondary N) is 1. The average Bonchev–Trinajstić information content (AvgIpc) is 2.29. The summed E-state index contributed by atoms with van der Waals surface area (Å²) in [6, 6.07) is 5.66. The highest BCUT2D eigenvalue weighted by atomic mass is 16.2. The van der Waals surface area contributed by atoms with Gasteiger partial charge in [-0.2, -0.15) is 0 Å². The fourth-order valence-corrected chi connectivity index (χ4v) is 1.34. The van der Waals surface area contributed by atoms with E-state index in [1.165, 1.54) is 0 Å². The number of urea groups is 1. The molecule has 0 heterocycles. The Kier molecular flexibility index (Phi) is 4.17. The normalized spacial score (nSPS) is 9.94. The Morgan fingerprint density at radius 3 is 2.81 bits per heavy atom. The van der Waals surface area contributed by atoms with Crippen LogP contribution in [0.4, 0.5) is 10.5 Å². The summed E-state index contributed by atoms with van der Waals surface area (Å²) in [6.45, 7) is 5.10. The zero-order chi connectivity index (χ0) is 12.1. The molecule has 3 N–H and O–H groups in total. The number of rotatable bonds is 3. The molecule has 0 unspecified atom stereocenters. The van der Waals surface area contributed by atoms with Crippen LogP contribution >= 0.6 is 0 Å². The van der Waals surface area contributed by atoms with Gasteiger partial charge in [-0.3, -0.25) is 0 Å². The van der Waals surface area contributed by atoms with Crippen molar-refractivity contribution < 1.29 is 4.79 Å². The summed E-state index contributed by atoms with van der Waals surface area (Å²) in [5.41, 5.74) is 8.63. The fourth-order valence-electron chi connectivity index (χ4n) is 1.34. The van der Waals surface area contributed by atoms with E-state index in [0.717, 1.165) is 16.8 Å². The SMILES string of the molecule is CCN(C)C(=O)NCc1cccc(N)c1C. The van der Waals surface area contributed by atoms with Gasteiger partial charge in [0.1, 0.15) is 0 Å². The molecule has 0 aliphatic rings. The van der Waals surface area contributed by atoms with E-state index in [2.05, 4.69) is 5.32 Å². The number of benzene rings is 1. The summed E-state index contributed by atoms with van der Waals surface area (Å²) in [6.07, 6.45) is 0. The molecule has 0 aromatic heterocycles. The molecule has 1 aromatic rings. The van der Waals surface area contributed by atoms with Crippen LogP contribution in [0.2, 0.25) is 0 Å². The second-order valence-electron chi connectivity index (χ2n) is 3.80. The zero-order valence-electron chi connectivity index (χ0n) is 10.1. The Labute approximate surface area is 96.4 Å². The molecule has 88 valence electrons. The van der Waals surface area contributed by atoms with Crippen molar-refractivity contribution in [1.82, 2.24) is 10.2 Å². The van der Waals surface area contributed by atoms with Crippen molar-refractivity contribution >= 4 is 11.7 Å². The smallest absolute Gasteiger partial charge is 0.317 e. The summed E-state index contributed by atoms with van der Waals surface area (Å²) in [5, 5.41) is 2.85. The number of nitrogens with zero attached hydrogens (tertiary/aromatic N) is 1. The highest BCUT2D eigenvalue weighted by Crippen LogP contribution is 2.14. The maximum atomic E-state index is 11.5. The summed E-state index contributed by atoms with van der Waals surface area (Å²) < 4.78 is 0. The van der Waals surface area contributed by atoms with Gasteiger partial charge in [0, 0.05) is 25.8 Å². The molecule has 4 nitrogen and oxygen atoms in total. The Morgan fingerprint density at radius 2 is 2.19 bits per heavy atom. The molecular weight excluding hydrogens is 202 g/mol. The standard InChI is InChI=1S/C12H19N3O/c1-4-15(3)12(16)14-8-10-6-5-7-11(13)9(10)2/h5-7H,4,8,13H2,1-3H3,(H,14,16). The Hall–Kier alpha value is -1.71. The molecule has 0 aliphatic carbocycles. The largest absolute Gasteiger partial charge is 0.399 e. The summed E-state index contributed by atoms with van der Waals surface area (Å²) in [4.78, 5) is 13.2. The van der Waals surface area contributed by atoms with E-state index in [9.17, 15) is 4.79 Å². The quantitative estimate of drug-likeness (QED) is 0.764. The number of anilines is 1. The lowest BCUT2D eigenvalue weighted by atomic mass is 10.1. The van der Waals surface area contributed by atoms with Crippen LogP contribution in [0.15, 0.2) is 18.2 Å².